The summed E-state index contributed by atoms with van der Waals surface area (Å²) in [6.45, 7) is 0. The molecule has 6 nitrogen and oxygen atoms in total. The maximum atomic E-state index is 9.75. The standard InChI is InChI=1S/C45H27N5O/c1-3-13-28(14-4-1)43-46-44(29-15-5-2-6-16-29)48-45(47-43)50-38-21-11-8-18-32(38)36-26-25-35-31-17-7-10-20-37(31)49(41(35)42(36)50)30-23-24-34-33-19-9-12-22-39(33)51-40(34)27-30/h1-27H/i7D,8D,9D,10D,11D,12D,17D,18D,19D,20D,21D,22D,23D,24D,25D,26D,27D. The molecule has 0 aliphatic heterocycles. The minimum atomic E-state index is -0.775. The summed E-state index contributed by atoms with van der Waals surface area (Å²) >= 11 is 0. The first-order valence-corrected chi connectivity index (χ1v) is 15.7. The molecule has 11 aromatic rings. The van der Waals surface area contributed by atoms with Crippen LogP contribution < -0.4 is 0 Å². The molecule has 11 rings (SSSR count). The van der Waals surface area contributed by atoms with Crippen molar-refractivity contribution in [2.24, 2.45) is 0 Å². The maximum Gasteiger partial charge on any atom is 0.238 e. The van der Waals surface area contributed by atoms with E-state index in [1.165, 1.54) is 4.57 Å². The zero-order valence-electron chi connectivity index (χ0n) is 42.9. The normalized spacial score (nSPS) is 16.6. The van der Waals surface area contributed by atoms with E-state index in [0.29, 0.717) is 11.1 Å². The van der Waals surface area contributed by atoms with Gasteiger partial charge in [-0.05, 0) is 30.2 Å². The van der Waals surface area contributed by atoms with Crippen molar-refractivity contribution in [2.45, 2.75) is 0 Å². The van der Waals surface area contributed by atoms with Gasteiger partial charge in [0.05, 0.1) is 51.1 Å². The van der Waals surface area contributed by atoms with Crippen LogP contribution in [0.2, 0.25) is 0 Å². The van der Waals surface area contributed by atoms with E-state index in [1.807, 2.05) is 0 Å². The second-order valence-electron chi connectivity index (χ2n) is 11.6. The zero-order chi connectivity index (χ0) is 48.3. The molecular weight excluding hydrogens is 627 g/mol. The van der Waals surface area contributed by atoms with Gasteiger partial charge >= 0.3 is 0 Å². The van der Waals surface area contributed by atoms with Crippen molar-refractivity contribution in [3.63, 3.8) is 0 Å². The largest absolute Gasteiger partial charge is 0.456 e. The Morgan fingerprint density at radius 1 is 0.451 bits per heavy atom. The van der Waals surface area contributed by atoms with E-state index in [2.05, 4.69) is 0 Å². The Hall–Kier alpha value is -7.05. The van der Waals surface area contributed by atoms with Gasteiger partial charge in [-0.3, -0.25) is 4.57 Å². The van der Waals surface area contributed by atoms with Crippen molar-refractivity contribution < 1.29 is 27.7 Å². The van der Waals surface area contributed by atoms with Crippen LogP contribution in [0.4, 0.5) is 0 Å². The molecule has 6 heteroatoms. The van der Waals surface area contributed by atoms with Gasteiger partial charge < -0.3 is 8.98 Å². The fourth-order valence-corrected chi connectivity index (χ4v) is 6.53. The molecule has 238 valence electrons. The van der Waals surface area contributed by atoms with Crippen LogP contribution in [0.5, 0.6) is 0 Å². The lowest BCUT2D eigenvalue weighted by molar-refractivity contribution is 0.668. The van der Waals surface area contributed by atoms with Crippen molar-refractivity contribution in [3.05, 3.63) is 163 Å². The SMILES string of the molecule is [2H]c1c([2H])c([2H])c2c(oc3c([2H])c(-n4c5c([2H])c([2H])c([2H])c([2H])c5c5c([2H])c([2H])c6c7c([2H])c([2H])c([2H])c([2H])c7n(-c7nc(-c8ccccc8)nc(-c8ccccc8)n7)c6c54)c([2H])c([2H])c32)c1[2H]. The Kier molecular flexibility index (Phi) is 3.39. The minimum Gasteiger partial charge on any atom is -0.456 e. The van der Waals surface area contributed by atoms with Crippen molar-refractivity contribution in [2.75, 3.05) is 0 Å². The van der Waals surface area contributed by atoms with E-state index in [-0.39, 0.29) is 66.5 Å². The van der Waals surface area contributed by atoms with Crippen molar-refractivity contribution in [1.29, 1.82) is 0 Å². The molecule has 0 atom stereocenters. The fraction of sp³-hybridized carbons (Fsp3) is 0. The summed E-state index contributed by atoms with van der Waals surface area (Å²) < 4.78 is 163. The highest BCUT2D eigenvalue weighted by atomic mass is 16.3. The molecule has 7 aromatic carbocycles. The first-order chi connectivity index (χ1) is 32.4. The quantitative estimate of drug-likeness (QED) is 0.187. The minimum absolute atomic E-state index is 0.107. The van der Waals surface area contributed by atoms with Gasteiger partial charge in [0.15, 0.2) is 11.6 Å². The van der Waals surface area contributed by atoms with Crippen LogP contribution in [0, 0.1) is 0 Å². The summed E-state index contributed by atoms with van der Waals surface area (Å²) in [6.07, 6.45) is 0. The van der Waals surface area contributed by atoms with Crippen LogP contribution in [0.1, 0.15) is 23.3 Å². The summed E-state index contributed by atoms with van der Waals surface area (Å²) in [5.41, 5.74) is -1.68. The third kappa shape index (κ3) is 4.14. The first-order valence-electron chi connectivity index (χ1n) is 24.2. The summed E-state index contributed by atoms with van der Waals surface area (Å²) in [4.78, 5) is 14.5. The lowest BCUT2D eigenvalue weighted by Gasteiger charge is -2.13. The van der Waals surface area contributed by atoms with Gasteiger partial charge in [-0.15, -0.1) is 0 Å². The number of para-hydroxylation sites is 3. The number of hydrogen-bond donors (Lipinski definition) is 0. The second-order valence-corrected chi connectivity index (χ2v) is 11.6. The number of rotatable bonds is 4. The number of hydrogen-bond acceptors (Lipinski definition) is 4. The number of nitrogens with zero attached hydrogens (tertiary/aromatic N) is 5. The molecule has 0 unspecified atom stereocenters. The smallest absolute Gasteiger partial charge is 0.238 e. The Morgan fingerprint density at radius 2 is 0.961 bits per heavy atom. The average Bonchev–Trinajstić information content (AvgIpc) is 4.04. The molecule has 0 N–H and O–H groups in total. The van der Waals surface area contributed by atoms with Crippen LogP contribution in [0.3, 0.4) is 0 Å². The highest BCUT2D eigenvalue weighted by Gasteiger charge is 2.23. The van der Waals surface area contributed by atoms with Gasteiger partial charge in [-0.25, -0.2) is 4.98 Å². The van der Waals surface area contributed by atoms with Gasteiger partial charge in [-0.1, -0.05) is 127 Å². The highest BCUT2D eigenvalue weighted by molar-refractivity contribution is 6.23. The molecule has 51 heavy (non-hydrogen) atoms. The number of aromatic nitrogens is 5. The molecule has 0 spiro atoms. The molecule has 0 radical (unpaired) electrons. The monoisotopic (exact) mass is 670 g/mol. The molecule has 4 aromatic heterocycles. The molecule has 0 fully saturated rings. The predicted octanol–water partition coefficient (Wildman–Crippen LogP) is 11.3. The van der Waals surface area contributed by atoms with E-state index < -0.39 is 125 Å². The third-order valence-corrected chi connectivity index (χ3v) is 8.72. The first kappa shape index (κ1) is 16.1. The summed E-state index contributed by atoms with van der Waals surface area (Å²) in [7, 11) is 0. The highest BCUT2D eigenvalue weighted by Crippen LogP contribution is 2.42. The van der Waals surface area contributed by atoms with Crippen LogP contribution >= 0.6 is 0 Å². The molecular formula is C45H27N5O. The Bertz CT molecular complexity index is 4060. The van der Waals surface area contributed by atoms with Crippen LogP contribution in [0.25, 0.3) is 100.0 Å². The fourth-order valence-electron chi connectivity index (χ4n) is 6.53. The Balaban J connectivity index is 1.46. The van der Waals surface area contributed by atoms with Gasteiger partial charge in [0, 0.05) is 49.5 Å². The second kappa shape index (κ2) is 10.7. The molecule has 0 saturated heterocycles. The van der Waals surface area contributed by atoms with Gasteiger partial charge in [0.2, 0.25) is 5.95 Å². The Labute approximate surface area is 315 Å². The van der Waals surface area contributed by atoms with Crippen LogP contribution in [-0.2, 0) is 0 Å². The van der Waals surface area contributed by atoms with Crippen LogP contribution in [0.15, 0.2) is 168 Å². The number of fused-ring (bicyclic) bond motifs is 10. The lowest BCUT2D eigenvalue weighted by atomic mass is 10.1. The third-order valence-electron chi connectivity index (χ3n) is 8.72. The van der Waals surface area contributed by atoms with Crippen molar-refractivity contribution in [3.8, 4) is 34.4 Å². The van der Waals surface area contributed by atoms with Gasteiger partial charge in [0.1, 0.15) is 11.2 Å². The molecule has 0 aliphatic rings. The van der Waals surface area contributed by atoms with E-state index in [1.54, 1.807) is 60.7 Å². The predicted molar refractivity (Wildman–Crippen MR) is 207 cm³/mol. The maximum absolute atomic E-state index is 9.75. The Morgan fingerprint density at radius 3 is 1.61 bits per heavy atom. The lowest BCUT2D eigenvalue weighted by Crippen LogP contribution is -2.07. The van der Waals surface area contributed by atoms with Crippen molar-refractivity contribution >= 4 is 65.6 Å². The van der Waals surface area contributed by atoms with Gasteiger partial charge in [-0.2, -0.15) is 9.97 Å². The van der Waals surface area contributed by atoms with Crippen LogP contribution in [-0.4, -0.2) is 24.1 Å². The topological polar surface area (TPSA) is 61.7 Å². The van der Waals surface area contributed by atoms with Gasteiger partial charge in [0.25, 0.3) is 0 Å². The molecule has 0 saturated carbocycles. The zero-order valence-corrected chi connectivity index (χ0v) is 25.9. The van der Waals surface area contributed by atoms with E-state index in [0.717, 1.165) is 4.57 Å². The molecule has 0 amide bonds. The molecule has 0 aliphatic carbocycles. The average molecular weight is 671 g/mol. The van der Waals surface area contributed by atoms with Crippen molar-refractivity contribution in [1.82, 2.24) is 24.1 Å². The van der Waals surface area contributed by atoms with E-state index in [9.17, 15) is 12.3 Å². The number of benzene rings is 7. The summed E-state index contributed by atoms with van der Waals surface area (Å²) in [6, 6.07) is 6.00. The number of furan rings is 1. The molecule has 4 heterocycles. The summed E-state index contributed by atoms with van der Waals surface area (Å²) in [5, 5.41) is -1.78. The summed E-state index contributed by atoms with van der Waals surface area (Å²) in [5.74, 6) is -0.0581. The van der Waals surface area contributed by atoms with E-state index in [4.69, 9.17) is 30.3 Å². The van der Waals surface area contributed by atoms with E-state index >= 15 is 0 Å². The molecule has 0 bridgehead atoms.